The van der Waals surface area contributed by atoms with Gasteiger partial charge in [-0.3, -0.25) is 0 Å². The molecule has 100 valence electrons. The highest BCUT2D eigenvalue weighted by atomic mass is 16.5. The number of ether oxygens (including phenoxy) is 1. The van der Waals surface area contributed by atoms with Gasteiger partial charge in [0.15, 0.2) is 0 Å². The van der Waals surface area contributed by atoms with Crippen molar-refractivity contribution in [2.45, 2.75) is 39.3 Å². The van der Waals surface area contributed by atoms with E-state index in [0.29, 0.717) is 18.0 Å². The fourth-order valence-electron chi connectivity index (χ4n) is 2.81. The van der Waals surface area contributed by atoms with Crippen LogP contribution < -0.4 is 15.4 Å². The van der Waals surface area contributed by atoms with Crippen LogP contribution in [0, 0.1) is 12.8 Å². The first-order valence-electron chi connectivity index (χ1n) is 6.71. The largest absolute Gasteiger partial charge is 0.497 e. The van der Waals surface area contributed by atoms with Gasteiger partial charge in [0.05, 0.1) is 7.11 Å². The number of nitrogens with two attached hydrogens (primary N) is 1. The van der Waals surface area contributed by atoms with Crippen LogP contribution in [0.1, 0.15) is 25.8 Å². The van der Waals surface area contributed by atoms with Crippen molar-refractivity contribution in [2.75, 3.05) is 18.6 Å². The Labute approximate surface area is 110 Å². The average Bonchev–Trinajstić information content (AvgIpc) is 2.37. The molecular formula is C15H24N2O. The summed E-state index contributed by atoms with van der Waals surface area (Å²) in [7, 11) is 1.71. The number of piperidine rings is 1. The highest BCUT2D eigenvalue weighted by molar-refractivity contribution is 5.57. The quantitative estimate of drug-likeness (QED) is 0.874. The number of aryl methyl sites for hydroxylation is 1. The van der Waals surface area contributed by atoms with Gasteiger partial charge in [0.2, 0.25) is 0 Å². The summed E-state index contributed by atoms with van der Waals surface area (Å²) >= 11 is 0. The second-order valence-corrected chi connectivity index (χ2v) is 5.40. The van der Waals surface area contributed by atoms with Gasteiger partial charge < -0.3 is 15.4 Å². The lowest BCUT2D eigenvalue weighted by molar-refractivity contribution is 0.315. The van der Waals surface area contributed by atoms with Crippen LogP contribution in [0.25, 0.3) is 0 Å². The van der Waals surface area contributed by atoms with Crippen LogP contribution in [0.5, 0.6) is 5.75 Å². The molecule has 3 heteroatoms. The molecule has 2 N–H and O–H groups in total. The second-order valence-electron chi connectivity index (χ2n) is 5.40. The third kappa shape index (κ3) is 2.32. The number of benzene rings is 1. The Balaban J connectivity index is 2.26. The summed E-state index contributed by atoms with van der Waals surface area (Å²) in [6.45, 7) is 7.71. The first-order valence-corrected chi connectivity index (χ1v) is 6.71. The van der Waals surface area contributed by atoms with Crippen molar-refractivity contribution in [3.63, 3.8) is 0 Å². The smallest absolute Gasteiger partial charge is 0.119 e. The van der Waals surface area contributed by atoms with Crippen LogP contribution in [0.4, 0.5) is 5.69 Å². The zero-order chi connectivity index (χ0) is 13.3. The lowest BCUT2D eigenvalue weighted by Gasteiger charge is -2.43. The first kappa shape index (κ1) is 13.2. The summed E-state index contributed by atoms with van der Waals surface area (Å²) in [6.07, 6.45) is 1.07. The van der Waals surface area contributed by atoms with Crippen molar-refractivity contribution in [3.05, 3.63) is 23.8 Å². The summed E-state index contributed by atoms with van der Waals surface area (Å²) in [4.78, 5) is 2.48. The molecule has 2 rings (SSSR count). The lowest BCUT2D eigenvalue weighted by atomic mass is 9.87. The van der Waals surface area contributed by atoms with Gasteiger partial charge in [-0.2, -0.15) is 0 Å². The molecular weight excluding hydrogens is 224 g/mol. The Morgan fingerprint density at radius 3 is 2.67 bits per heavy atom. The van der Waals surface area contributed by atoms with Crippen LogP contribution in [-0.4, -0.2) is 25.7 Å². The van der Waals surface area contributed by atoms with Gasteiger partial charge in [0.1, 0.15) is 5.75 Å². The van der Waals surface area contributed by atoms with Gasteiger partial charge in [-0.25, -0.2) is 0 Å². The summed E-state index contributed by atoms with van der Waals surface area (Å²) in [6, 6.07) is 7.11. The predicted molar refractivity (Wildman–Crippen MR) is 76.3 cm³/mol. The summed E-state index contributed by atoms with van der Waals surface area (Å²) in [5, 5.41) is 0. The third-order valence-electron chi connectivity index (χ3n) is 4.34. The van der Waals surface area contributed by atoms with Crippen LogP contribution in [0.3, 0.4) is 0 Å². The molecule has 1 aliphatic rings. The zero-order valence-electron chi connectivity index (χ0n) is 11.8. The standard InChI is InChI=1S/C15H24N2O/c1-10-9-13(18-4)5-6-15(10)17-8-7-14(16)11(2)12(17)3/h5-6,9,11-12,14H,7-8,16H2,1-4H3. The highest BCUT2D eigenvalue weighted by Gasteiger charge is 2.30. The van der Waals surface area contributed by atoms with E-state index in [1.807, 2.05) is 6.07 Å². The van der Waals surface area contributed by atoms with E-state index in [-0.39, 0.29) is 0 Å². The Bertz CT molecular complexity index is 419. The highest BCUT2D eigenvalue weighted by Crippen LogP contribution is 2.31. The topological polar surface area (TPSA) is 38.5 Å². The summed E-state index contributed by atoms with van der Waals surface area (Å²) in [5.41, 5.74) is 8.72. The normalized spacial score (nSPS) is 28.3. The number of methoxy groups -OCH3 is 1. The molecule has 1 aromatic carbocycles. The first-order chi connectivity index (χ1) is 8.54. The van der Waals surface area contributed by atoms with Crippen molar-refractivity contribution < 1.29 is 4.74 Å². The van der Waals surface area contributed by atoms with Gasteiger partial charge in [0, 0.05) is 24.3 Å². The van der Waals surface area contributed by atoms with E-state index in [1.165, 1.54) is 11.3 Å². The van der Waals surface area contributed by atoms with Gasteiger partial charge in [-0.05, 0) is 49.9 Å². The molecule has 1 heterocycles. The van der Waals surface area contributed by atoms with Crippen LogP contribution in [-0.2, 0) is 0 Å². The molecule has 1 aromatic rings. The van der Waals surface area contributed by atoms with E-state index in [0.717, 1.165) is 18.7 Å². The van der Waals surface area contributed by atoms with E-state index in [2.05, 4.69) is 37.8 Å². The Kier molecular flexibility index (Phi) is 3.81. The fraction of sp³-hybridized carbons (Fsp3) is 0.600. The molecule has 3 unspecified atom stereocenters. The second kappa shape index (κ2) is 5.19. The predicted octanol–water partition coefficient (Wildman–Crippen LogP) is 2.57. The van der Waals surface area contributed by atoms with Crippen LogP contribution >= 0.6 is 0 Å². The maximum absolute atomic E-state index is 6.15. The van der Waals surface area contributed by atoms with E-state index >= 15 is 0 Å². The number of hydrogen-bond donors (Lipinski definition) is 1. The average molecular weight is 248 g/mol. The van der Waals surface area contributed by atoms with E-state index < -0.39 is 0 Å². The van der Waals surface area contributed by atoms with Gasteiger partial charge in [0.25, 0.3) is 0 Å². The molecule has 0 spiro atoms. The molecule has 18 heavy (non-hydrogen) atoms. The molecule has 0 saturated carbocycles. The molecule has 0 aromatic heterocycles. The summed E-state index contributed by atoms with van der Waals surface area (Å²) in [5.74, 6) is 1.45. The van der Waals surface area contributed by atoms with Crippen molar-refractivity contribution in [2.24, 2.45) is 11.7 Å². The number of anilines is 1. The molecule has 3 atom stereocenters. The van der Waals surface area contributed by atoms with Crippen LogP contribution in [0.15, 0.2) is 18.2 Å². The Morgan fingerprint density at radius 2 is 2.06 bits per heavy atom. The van der Waals surface area contributed by atoms with Gasteiger partial charge in [-0.1, -0.05) is 6.92 Å². The third-order valence-corrected chi connectivity index (χ3v) is 4.34. The van der Waals surface area contributed by atoms with E-state index in [1.54, 1.807) is 7.11 Å². The van der Waals surface area contributed by atoms with Gasteiger partial charge in [-0.15, -0.1) is 0 Å². The fourth-order valence-corrected chi connectivity index (χ4v) is 2.81. The van der Waals surface area contributed by atoms with Crippen molar-refractivity contribution in [1.29, 1.82) is 0 Å². The van der Waals surface area contributed by atoms with Crippen molar-refractivity contribution in [3.8, 4) is 5.75 Å². The van der Waals surface area contributed by atoms with Crippen LogP contribution in [0.2, 0.25) is 0 Å². The number of rotatable bonds is 2. The molecule has 3 nitrogen and oxygen atoms in total. The Morgan fingerprint density at radius 1 is 1.33 bits per heavy atom. The van der Waals surface area contributed by atoms with Gasteiger partial charge >= 0.3 is 0 Å². The maximum Gasteiger partial charge on any atom is 0.119 e. The molecule has 0 amide bonds. The minimum absolute atomic E-state index is 0.329. The summed E-state index contributed by atoms with van der Waals surface area (Å²) < 4.78 is 5.26. The molecule has 0 aliphatic carbocycles. The number of hydrogen-bond acceptors (Lipinski definition) is 3. The monoisotopic (exact) mass is 248 g/mol. The molecule has 0 radical (unpaired) electrons. The minimum atomic E-state index is 0.329. The molecule has 1 aliphatic heterocycles. The Hall–Kier alpha value is -1.22. The molecule has 1 fully saturated rings. The van der Waals surface area contributed by atoms with E-state index in [4.69, 9.17) is 10.5 Å². The van der Waals surface area contributed by atoms with Crippen molar-refractivity contribution >= 4 is 5.69 Å². The molecule has 0 bridgehead atoms. The maximum atomic E-state index is 6.15. The van der Waals surface area contributed by atoms with Crippen molar-refractivity contribution in [1.82, 2.24) is 0 Å². The number of nitrogens with zero attached hydrogens (tertiary/aromatic N) is 1. The zero-order valence-corrected chi connectivity index (χ0v) is 11.8. The minimum Gasteiger partial charge on any atom is -0.497 e. The SMILES string of the molecule is COc1ccc(N2CCC(N)C(C)C2C)c(C)c1. The molecule has 1 saturated heterocycles. The van der Waals surface area contributed by atoms with E-state index in [9.17, 15) is 0 Å². The lowest BCUT2D eigenvalue weighted by Crippen LogP contribution is -2.52.